The minimum Gasteiger partial charge on any atom is -0.496 e. The van der Waals surface area contributed by atoms with Gasteiger partial charge in [0, 0.05) is 11.1 Å². The van der Waals surface area contributed by atoms with Gasteiger partial charge in [-0.2, -0.15) is 0 Å². The first-order valence-electron chi connectivity index (χ1n) is 8.72. The van der Waals surface area contributed by atoms with Gasteiger partial charge in [0.25, 0.3) is 0 Å². The Morgan fingerprint density at radius 2 is 1.07 bits per heavy atom. The van der Waals surface area contributed by atoms with Gasteiger partial charge in [-0.25, -0.2) is 0 Å². The lowest BCUT2D eigenvalue weighted by Gasteiger charge is -2.21. The van der Waals surface area contributed by atoms with Crippen molar-refractivity contribution in [3.05, 3.63) is 90.0 Å². The minimum atomic E-state index is -2.96. The van der Waals surface area contributed by atoms with E-state index in [1.54, 1.807) is 14.2 Å². The van der Waals surface area contributed by atoms with Gasteiger partial charge in [0.1, 0.15) is 16.8 Å². The predicted octanol–water partition coefficient (Wildman–Crippen LogP) is 5.21. The zero-order chi connectivity index (χ0) is 19.6. The molecule has 0 unspecified atom stereocenters. The van der Waals surface area contributed by atoms with Crippen LogP contribution in [0, 0.1) is 0 Å². The molecule has 142 valence electrons. The van der Waals surface area contributed by atoms with Gasteiger partial charge < -0.3 is 18.5 Å². The topological polar surface area (TPSA) is 36.9 Å². The molecule has 0 aromatic heterocycles. The first-order valence-corrected chi connectivity index (χ1v) is 11.4. The fourth-order valence-corrected chi connectivity index (χ4v) is 6.02. The van der Waals surface area contributed by atoms with E-state index in [4.69, 9.17) is 30.3 Å². The summed E-state index contributed by atoms with van der Waals surface area (Å²) < 4.78 is 23.9. The minimum absolute atomic E-state index is 0.587. The third-order valence-corrected chi connectivity index (χ3v) is 7.21. The van der Waals surface area contributed by atoms with Crippen molar-refractivity contribution < 1.29 is 18.5 Å². The van der Waals surface area contributed by atoms with E-state index in [2.05, 4.69) is 0 Å². The quantitative estimate of drug-likeness (QED) is 0.540. The van der Waals surface area contributed by atoms with Gasteiger partial charge in [0.2, 0.25) is 0 Å². The van der Waals surface area contributed by atoms with Crippen molar-refractivity contribution >= 4 is 35.1 Å². The molecule has 0 saturated heterocycles. The summed E-state index contributed by atoms with van der Waals surface area (Å²) in [5.74, 6) is 2.43. The second-order valence-corrected chi connectivity index (χ2v) is 9.33. The van der Waals surface area contributed by atoms with Crippen molar-refractivity contribution in [2.45, 2.75) is 0 Å². The molecule has 0 radical (unpaired) electrons. The van der Waals surface area contributed by atoms with Crippen LogP contribution in [0.25, 0.3) is 11.5 Å². The molecule has 0 spiro atoms. The number of hydrogen-bond donors (Lipinski definition) is 0. The highest BCUT2D eigenvalue weighted by molar-refractivity contribution is 8.14. The second-order valence-electron chi connectivity index (χ2n) is 6.08. The molecular weight excluding hydrogens is 391 g/mol. The van der Waals surface area contributed by atoms with E-state index in [1.165, 1.54) is 0 Å². The van der Waals surface area contributed by atoms with Gasteiger partial charge in [-0.1, -0.05) is 66.7 Å². The van der Waals surface area contributed by atoms with Gasteiger partial charge in [-0.3, -0.25) is 0 Å². The molecule has 0 aliphatic carbocycles. The van der Waals surface area contributed by atoms with Crippen molar-refractivity contribution in [3.8, 4) is 11.5 Å². The van der Waals surface area contributed by atoms with Crippen LogP contribution in [0.3, 0.4) is 0 Å². The van der Waals surface area contributed by atoms with E-state index in [-0.39, 0.29) is 0 Å². The largest absolute Gasteiger partial charge is 0.496 e. The summed E-state index contributed by atoms with van der Waals surface area (Å²) in [5.41, 5.74) is 1.81. The lowest BCUT2D eigenvalue weighted by molar-refractivity contribution is 0.397. The normalized spacial score (nSPS) is 14.9. The molecule has 0 saturated carbocycles. The molecule has 3 aromatic rings. The summed E-state index contributed by atoms with van der Waals surface area (Å²) >= 11 is 5.96. The van der Waals surface area contributed by atoms with Crippen molar-refractivity contribution in [3.63, 3.8) is 0 Å². The molecular formula is C22H19O4PS. The van der Waals surface area contributed by atoms with Crippen LogP contribution in [0.1, 0.15) is 11.1 Å². The Hall–Kier alpha value is -2.75. The van der Waals surface area contributed by atoms with Crippen LogP contribution in [0.15, 0.2) is 78.9 Å². The SMILES string of the molecule is COc1cccc(OC)c1P1(=S)OC(c2ccccc2)=C(c2ccccc2)O1. The third-order valence-electron chi connectivity index (χ3n) is 4.38. The lowest BCUT2D eigenvalue weighted by Crippen LogP contribution is -2.12. The summed E-state index contributed by atoms with van der Waals surface area (Å²) in [6.45, 7) is -2.96. The monoisotopic (exact) mass is 410 g/mol. The first kappa shape index (κ1) is 18.6. The summed E-state index contributed by atoms with van der Waals surface area (Å²) in [6, 6.07) is 25.2. The number of hydrogen-bond acceptors (Lipinski definition) is 5. The molecule has 1 heterocycles. The third kappa shape index (κ3) is 3.28. The van der Waals surface area contributed by atoms with Crippen LogP contribution in [-0.2, 0) is 20.9 Å². The molecule has 0 N–H and O–H groups in total. The van der Waals surface area contributed by atoms with Crippen LogP contribution < -0.4 is 14.8 Å². The van der Waals surface area contributed by atoms with Crippen molar-refractivity contribution in [2.75, 3.05) is 14.2 Å². The fourth-order valence-electron chi connectivity index (χ4n) is 3.08. The van der Waals surface area contributed by atoms with Gasteiger partial charge in [-0.05, 0) is 23.9 Å². The van der Waals surface area contributed by atoms with E-state index in [0.717, 1.165) is 11.1 Å². The van der Waals surface area contributed by atoms with Gasteiger partial charge in [-0.15, -0.1) is 0 Å². The van der Waals surface area contributed by atoms with E-state index in [0.29, 0.717) is 28.3 Å². The Labute approximate surface area is 169 Å². The van der Waals surface area contributed by atoms with Crippen LogP contribution in [0.2, 0.25) is 0 Å². The van der Waals surface area contributed by atoms with Crippen molar-refractivity contribution in [1.82, 2.24) is 0 Å². The highest BCUT2D eigenvalue weighted by Crippen LogP contribution is 2.63. The van der Waals surface area contributed by atoms with E-state index in [1.807, 2.05) is 78.9 Å². The smallest absolute Gasteiger partial charge is 0.327 e. The summed E-state index contributed by atoms with van der Waals surface area (Å²) in [4.78, 5) is 0. The molecule has 0 amide bonds. The van der Waals surface area contributed by atoms with Gasteiger partial charge in [0.15, 0.2) is 11.5 Å². The molecule has 0 atom stereocenters. The molecule has 3 aromatic carbocycles. The molecule has 4 rings (SSSR count). The molecule has 1 aliphatic rings. The first-order chi connectivity index (χ1) is 13.7. The number of rotatable bonds is 5. The average Bonchev–Trinajstić information content (AvgIpc) is 3.13. The van der Waals surface area contributed by atoms with Crippen LogP contribution in [0.4, 0.5) is 0 Å². The highest BCUT2D eigenvalue weighted by atomic mass is 32.5. The molecule has 1 aliphatic heterocycles. The Morgan fingerprint density at radius 3 is 1.46 bits per heavy atom. The van der Waals surface area contributed by atoms with E-state index in [9.17, 15) is 0 Å². The van der Waals surface area contributed by atoms with Crippen LogP contribution in [-0.4, -0.2) is 14.2 Å². The number of ether oxygens (including phenoxy) is 2. The highest BCUT2D eigenvalue weighted by Gasteiger charge is 2.41. The van der Waals surface area contributed by atoms with Crippen molar-refractivity contribution in [2.24, 2.45) is 0 Å². The maximum atomic E-state index is 6.40. The zero-order valence-corrected chi connectivity index (χ0v) is 17.2. The molecule has 0 fully saturated rings. The Bertz CT molecular complexity index is 987. The molecule has 4 nitrogen and oxygen atoms in total. The van der Waals surface area contributed by atoms with Gasteiger partial charge in [0.05, 0.1) is 14.2 Å². The lowest BCUT2D eigenvalue weighted by atomic mass is 10.1. The van der Waals surface area contributed by atoms with Gasteiger partial charge >= 0.3 is 6.49 Å². The number of benzene rings is 3. The van der Waals surface area contributed by atoms with Crippen LogP contribution in [0.5, 0.6) is 11.5 Å². The second kappa shape index (κ2) is 7.70. The molecule has 0 bridgehead atoms. The van der Waals surface area contributed by atoms with E-state index < -0.39 is 6.49 Å². The van der Waals surface area contributed by atoms with Crippen LogP contribution >= 0.6 is 6.49 Å². The summed E-state index contributed by atoms with van der Waals surface area (Å²) in [6.07, 6.45) is 0. The Balaban J connectivity index is 1.88. The zero-order valence-electron chi connectivity index (χ0n) is 15.5. The maximum Gasteiger partial charge on any atom is 0.327 e. The molecule has 28 heavy (non-hydrogen) atoms. The predicted molar refractivity (Wildman–Crippen MR) is 115 cm³/mol. The Morgan fingerprint density at radius 1 is 0.643 bits per heavy atom. The number of methoxy groups -OCH3 is 2. The summed E-state index contributed by atoms with van der Waals surface area (Å²) in [7, 11) is 3.19. The molecule has 6 heteroatoms. The fraction of sp³-hybridized carbons (Fsp3) is 0.0909. The summed E-state index contributed by atoms with van der Waals surface area (Å²) in [5, 5.41) is 0.634. The Kier molecular flexibility index (Phi) is 5.12. The average molecular weight is 410 g/mol. The maximum absolute atomic E-state index is 6.40. The van der Waals surface area contributed by atoms with Crippen molar-refractivity contribution in [1.29, 1.82) is 0 Å². The standard InChI is InChI=1S/C22H19O4PS/c1-23-18-14-9-15-19(24-2)22(18)27(28)25-20(16-10-5-3-6-11-16)21(26-27)17-12-7-4-8-13-17/h3-15H,1-2H3. The van der Waals surface area contributed by atoms with E-state index >= 15 is 0 Å².